The van der Waals surface area contributed by atoms with E-state index in [1.165, 1.54) is 24.3 Å². The third-order valence-electron chi connectivity index (χ3n) is 2.32. The molecule has 4 N–H and O–H groups in total. The van der Waals surface area contributed by atoms with E-state index >= 15 is 0 Å². The standard InChI is InChI=1S/C10H15N3O4S.ClH/c11-7-3-4-8-12-18(16,17)10-6-2-1-5-9(10)13(14)15;/h1-2,5-6,12H,3-4,7-8,11H2;1H. The lowest BCUT2D eigenvalue weighted by Crippen LogP contribution is -3.00. The number of nitro benzene ring substituents is 1. The summed E-state index contributed by atoms with van der Waals surface area (Å²) < 4.78 is 26.1. The molecule has 1 aromatic rings. The van der Waals surface area contributed by atoms with Crippen LogP contribution in [0.2, 0.25) is 0 Å². The van der Waals surface area contributed by atoms with Crippen molar-refractivity contribution in [2.45, 2.75) is 17.7 Å². The van der Waals surface area contributed by atoms with Crippen LogP contribution in [0.5, 0.6) is 0 Å². The highest BCUT2D eigenvalue weighted by atomic mass is 35.5. The van der Waals surface area contributed by atoms with Gasteiger partial charge < -0.3 is 18.1 Å². The highest BCUT2D eigenvalue weighted by Crippen LogP contribution is 2.22. The average molecular weight is 310 g/mol. The molecule has 0 spiro atoms. The molecule has 7 nitrogen and oxygen atoms in total. The van der Waals surface area contributed by atoms with E-state index in [4.69, 9.17) is 0 Å². The Hall–Kier alpha value is -1.22. The van der Waals surface area contributed by atoms with Crippen LogP contribution in [0.3, 0.4) is 0 Å². The molecule has 19 heavy (non-hydrogen) atoms. The van der Waals surface area contributed by atoms with E-state index in [0.717, 1.165) is 13.0 Å². The fraction of sp³-hybridized carbons (Fsp3) is 0.400. The molecular formula is C10H16ClN3O4S. The summed E-state index contributed by atoms with van der Waals surface area (Å²) in [4.78, 5) is 9.74. The summed E-state index contributed by atoms with van der Waals surface area (Å²) in [5.74, 6) is 0. The van der Waals surface area contributed by atoms with Crippen LogP contribution in [0.1, 0.15) is 12.8 Å². The number of para-hydroxylation sites is 1. The van der Waals surface area contributed by atoms with Crippen molar-refractivity contribution in [1.29, 1.82) is 0 Å². The highest BCUT2D eigenvalue weighted by Gasteiger charge is 2.24. The maximum absolute atomic E-state index is 11.9. The normalized spacial score (nSPS) is 10.8. The van der Waals surface area contributed by atoms with Gasteiger partial charge in [-0.15, -0.1) is 0 Å². The van der Waals surface area contributed by atoms with Crippen LogP contribution in [-0.2, 0) is 10.0 Å². The fourth-order valence-electron chi connectivity index (χ4n) is 1.42. The van der Waals surface area contributed by atoms with E-state index in [0.29, 0.717) is 6.42 Å². The first-order valence-corrected chi connectivity index (χ1v) is 6.99. The molecule has 1 aromatic carbocycles. The molecule has 0 heterocycles. The van der Waals surface area contributed by atoms with Crippen LogP contribution < -0.4 is 22.9 Å². The summed E-state index contributed by atoms with van der Waals surface area (Å²) in [7, 11) is -3.83. The molecule has 0 amide bonds. The Labute approximate surface area is 117 Å². The smallest absolute Gasteiger partial charge is 0.289 e. The van der Waals surface area contributed by atoms with Crippen molar-refractivity contribution < 1.29 is 31.5 Å². The Morgan fingerprint density at radius 3 is 2.47 bits per heavy atom. The van der Waals surface area contributed by atoms with Crippen molar-refractivity contribution in [3.8, 4) is 0 Å². The SMILES string of the molecule is [Cl-].[NH3+]CCCCNS(=O)(=O)c1ccccc1[N+](=O)[O-]. The molecule has 0 saturated heterocycles. The van der Waals surface area contributed by atoms with Crippen LogP contribution in [0, 0.1) is 10.1 Å². The van der Waals surface area contributed by atoms with Crippen molar-refractivity contribution in [2.24, 2.45) is 0 Å². The van der Waals surface area contributed by atoms with Crippen molar-refractivity contribution in [1.82, 2.24) is 4.72 Å². The van der Waals surface area contributed by atoms with E-state index in [9.17, 15) is 18.5 Å². The van der Waals surface area contributed by atoms with Gasteiger partial charge in [0.05, 0.1) is 11.5 Å². The van der Waals surface area contributed by atoms with Gasteiger partial charge in [-0.05, 0) is 18.9 Å². The van der Waals surface area contributed by atoms with Gasteiger partial charge in [0.1, 0.15) is 0 Å². The number of rotatable bonds is 7. The number of unbranched alkanes of at least 4 members (excludes halogenated alkanes) is 1. The zero-order chi connectivity index (χ0) is 13.6. The van der Waals surface area contributed by atoms with Crippen LogP contribution >= 0.6 is 0 Å². The topological polar surface area (TPSA) is 117 Å². The lowest BCUT2D eigenvalue weighted by atomic mass is 10.3. The maximum Gasteiger partial charge on any atom is 0.289 e. The summed E-state index contributed by atoms with van der Waals surface area (Å²) >= 11 is 0. The second-order valence-electron chi connectivity index (χ2n) is 3.68. The zero-order valence-electron chi connectivity index (χ0n) is 10.2. The quantitative estimate of drug-likeness (QED) is 0.315. The third kappa shape index (κ3) is 5.11. The minimum Gasteiger partial charge on any atom is -1.00 e. The Morgan fingerprint density at radius 1 is 1.26 bits per heavy atom. The first-order valence-electron chi connectivity index (χ1n) is 5.51. The molecule has 108 valence electrons. The predicted molar refractivity (Wildman–Crippen MR) is 65.3 cm³/mol. The van der Waals surface area contributed by atoms with E-state index < -0.39 is 20.6 Å². The largest absolute Gasteiger partial charge is 1.00 e. The number of nitrogens with one attached hydrogen (secondary N) is 1. The number of hydrogen-bond acceptors (Lipinski definition) is 4. The summed E-state index contributed by atoms with van der Waals surface area (Å²) in [6.07, 6.45) is 1.46. The van der Waals surface area contributed by atoms with Gasteiger partial charge in [-0.1, -0.05) is 12.1 Å². The number of halogens is 1. The molecule has 0 aliphatic rings. The molecule has 0 radical (unpaired) electrons. The molecule has 0 aromatic heterocycles. The van der Waals surface area contributed by atoms with Crippen LogP contribution in [0.25, 0.3) is 0 Å². The van der Waals surface area contributed by atoms with E-state index in [-0.39, 0.29) is 23.8 Å². The molecule has 9 heteroatoms. The van der Waals surface area contributed by atoms with Gasteiger partial charge in [-0.2, -0.15) is 0 Å². The zero-order valence-corrected chi connectivity index (χ0v) is 11.8. The van der Waals surface area contributed by atoms with E-state index in [1.54, 1.807) is 0 Å². The fourth-order valence-corrected chi connectivity index (χ4v) is 2.67. The number of hydrogen-bond donors (Lipinski definition) is 2. The Kier molecular flexibility index (Phi) is 7.53. The number of quaternary nitrogens is 1. The second-order valence-corrected chi connectivity index (χ2v) is 5.42. The van der Waals surface area contributed by atoms with Gasteiger partial charge >= 0.3 is 0 Å². The number of benzene rings is 1. The summed E-state index contributed by atoms with van der Waals surface area (Å²) in [6.45, 7) is 0.983. The first-order chi connectivity index (χ1) is 8.49. The van der Waals surface area contributed by atoms with Crippen LogP contribution in [0.15, 0.2) is 29.2 Å². The highest BCUT2D eigenvalue weighted by molar-refractivity contribution is 7.89. The molecule has 0 bridgehead atoms. The Bertz CT molecular complexity index is 521. The number of nitro groups is 1. The van der Waals surface area contributed by atoms with Gasteiger partial charge in [0.25, 0.3) is 5.69 Å². The minimum atomic E-state index is -3.83. The number of nitrogens with zero attached hydrogens (tertiary/aromatic N) is 1. The lowest BCUT2D eigenvalue weighted by molar-refractivity contribution is -0.387. The average Bonchev–Trinajstić information content (AvgIpc) is 2.35. The maximum atomic E-state index is 11.9. The van der Waals surface area contributed by atoms with E-state index in [2.05, 4.69) is 10.5 Å². The molecule has 0 unspecified atom stereocenters. The molecule has 0 saturated carbocycles. The first kappa shape index (κ1) is 17.8. The molecule has 0 fully saturated rings. The van der Waals surface area contributed by atoms with Crippen LogP contribution in [0.4, 0.5) is 5.69 Å². The van der Waals surface area contributed by atoms with Gasteiger partial charge in [-0.25, -0.2) is 13.1 Å². The Balaban J connectivity index is 0.00000324. The second kappa shape index (κ2) is 8.05. The van der Waals surface area contributed by atoms with Gasteiger partial charge in [0.2, 0.25) is 10.0 Å². The molecular weight excluding hydrogens is 294 g/mol. The molecule has 0 atom stereocenters. The minimum absolute atomic E-state index is 0. The summed E-state index contributed by atoms with van der Waals surface area (Å²) in [5.41, 5.74) is 3.23. The molecule has 0 aliphatic heterocycles. The van der Waals surface area contributed by atoms with Crippen molar-refractivity contribution in [3.63, 3.8) is 0 Å². The van der Waals surface area contributed by atoms with Gasteiger partial charge in [0.15, 0.2) is 4.90 Å². The molecule has 0 aliphatic carbocycles. The third-order valence-corrected chi connectivity index (χ3v) is 3.83. The van der Waals surface area contributed by atoms with Crippen molar-refractivity contribution in [2.75, 3.05) is 13.1 Å². The van der Waals surface area contributed by atoms with E-state index in [1.807, 2.05) is 0 Å². The Morgan fingerprint density at radius 2 is 1.89 bits per heavy atom. The van der Waals surface area contributed by atoms with Gasteiger partial charge in [0, 0.05) is 12.6 Å². The summed E-state index contributed by atoms with van der Waals surface area (Å²) in [5, 5.41) is 10.7. The lowest BCUT2D eigenvalue weighted by Gasteiger charge is -2.06. The van der Waals surface area contributed by atoms with Gasteiger partial charge in [-0.3, -0.25) is 10.1 Å². The van der Waals surface area contributed by atoms with Crippen molar-refractivity contribution >= 4 is 15.7 Å². The summed E-state index contributed by atoms with van der Waals surface area (Å²) in [6, 6.07) is 5.28. The van der Waals surface area contributed by atoms with Crippen LogP contribution in [-0.4, -0.2) is 26.4 Å². The molecule has 1 rings (SSSR count). The number of sulfonamides is 1. The monoisotopic (exact) mass is 309 g/mol. The van der Waals surface area contributed by atoms with Crippen molar-refractivity contribution in [3.05, 3.63) is 34.4 Å². The predicted octanol–water partition coefficient (Wildman–Crippen LogP) is -3.10.